The second kappa shape index (κ2) is 6.80. The Bertz CT molecular complexity index is 523. The number of para-hydroxylation sites is 1. The first kappa shape index (κ1) is 15.4. The molecular formula is C19H27NO3. The molecule has 2 atom stereocenters. The monoisotopic (exact) mass is 317 g/mol. The second-order valence-corrected chi connectivity index (χ2v) is 7.10. The fraction of sp³-hybridized carbons (Fsp3) is 0.684. The lowest BCUT2D eigenvalue weighted by atomic mass is 9.73. The van der Waals surface area contributed by atoms with E-state index in [1.807, 2.05) is 0 Å². The molecule has 1 saturated heterocycles. The van der Waals surface area contributed by atoms with Crippen LogP contribution in [0.15, 0.2) is 24.3 Å². The highest BCUT2D eigenvalue weighted by Gasteiger charge is 2.45. The van der Waals surface area contributed by atoms with Crippen molar-refractivity contribution < 1.29 is 14.2 Å². The van der Waals surface area contributed by atoms with Crippen LogP contribution in [0.3, 0.4) is 0 Å². The van der Waals surface area contributed by atoms with Gasteiger partial charge in [0.1, 0.15) is 11.4 Å². The van der Waals surface area contributed by atoms with Gasteiger partial charge in [-0.3, -0.25) is 0 Å². The van der Waals surface area contributed by atoms with E-state index in [0.29, 0.717) is 12.1 Å². The molecule has 1 spiro atoms. The molecule has 1 aromatic carbocycles. The summed E-state index contributed by atoms with van der Waals surface area (Å²) in [6, 6.07) is 8.84. The van der Waals surface area contributed by atoms with Crippen molar-refractivity contribution >= 4 is 0 Å². The van der Waals surface area contributed by atoms with Crippen molar-refractivity contribution in [1.82, 2.24) is 5.32 Å². The van der Waals surface area contributed by atoms with Gasteiger partial charge in [-0.2, -0.15) is 0 Å². The Kier molecular flexibility index (Phi) is 4.56. The standard InChI is InChI=1S/C19H27NO3/c1-2-7-18-16(6-1)17(13-19(23-18)8-4-9-19)20-10-12-21-14-15-5-3-11-22-15/h1-2,6-7,15,17,20H,3-5,8-14H2/t15-,17+/m0/s1. The Hall–Kier alpha value is -1.10. The van der Waals surface area contributed by atoms with Crippen LogP contribution in [0, 0.1) is 0 Å². The van der Waals surface area contributed by atoms with Gasteiger partial charge in [0, 0.05) is 31.2 Å². The molecule has 4 rings (SSSR count). The molecule has 2 fully saturated rings. The van der Waals surface area contributed by atoms with E-state index in [4.69, 9.17) is 14.2 Å². The first-order valence-electron chi connectivity index (χ1n) is 9.05. The molecule has 1 saturated carbocycles. The summed E-state index contributed by atoms with van der Waals surface area (Å²) in [5.74, 6) is 1.07. The Morgan fingerprint density at radius 1 is 1.22 bits per heavy atom. The molecule has 1 aliphatic carbocycles. The number of nitrogens with one attached hydrogen (secondary N) is 1. The van der Waals surface area contributed by atoms with Crippen molar-refractivity contribution in [2.45, 2.75) is 56.3 Å². The summed E-state index contributed by atoms with van der Waals surface area (Å²) in [5.41, 5.74) is 1.38. The van der Waals surface area contributed by atoms with Gasteiger partial charge in [-0.05, 0) is 38.2 Å². The SMILES string of the molecule is c1ccc2c(c1)OC1(CCC1)C[C@H]2NCCOC[C@@H]1CCCO1. The van der Waals surface area contributed by atoms with E-state index >= 15 is 0 Å². The smallest absolute Gasteiger partial charge is 0.124 e. The molecule has 23 heavy (non-hydrogen) atoms. The van der Waals surface area contributed by atoms with Gasteiger partial charge >= 0.3 is 0 Å². The Morgan fingerprint density at radius 2 is 2.13 bits per heavy atom. The van der Waals surface area contributed by atoms with Gasteiger partial charge in [0.25, 0.3) is 0 Å². The highest BCUT2D eigenvalue weighted by molar-refractivity contribution is 5.39. The molecular weight excluding hydrogens is 290 g/mol. The van der Waals surface area contributed by atoms with Gasteiger partial charge in [0.2, 0.25) is 0 Å². The van der Waals surface area contributed by atoms with Crippen LogP contribution in [0.5, 0.6) is 5.75 Å². The molecule has 4 heteroatoms. The highest BCUT2D eigenvalue weighted by atomic mass is 16.5. The van der Waals surface area contributed by atoms with Gasteiger partial charge in [0.05, 0.1) is 19.3 Å². The maximum absolute atomic E-state index is 6.29. The quantitative estimate of drug-likeness (QED) is 0.818. The summed E-state index contributed by atoms with van der Waals surface area (Å²) in [6.07, 6.45) is 7.38. The Balaban J connectivity index is 1.29. The molecule has 126 valence electrons. The first-order valence-corrected chi connectivity index (χ1v) is 9.05. The van der Waals surface area contributed by atoms with Crippen molar-refractivity contribution in [1.29, 1.82) is 0 Å². The van der Waals surface area contributed by atoms with Gasteiger partial charge in [-0.1, -0.05) is 18.2 Å². The minimum absolute atomic E-state index is 0.0879. The van der Waals surface area contributed by atoms with Crippen LogP contribution in [0.25, 0.3) is 0 Å². The molecule has 2 heterocycles. The van der Waals surface area contributed by atoms with Crippen molar-refractivity contribution in [2.75, 3.05) is 26.4 Å². The van der Waals surface area contributed by atoms with Crippen molar-refractivity contribution in [3.63, 3.8) is 0 Å². The zero-order chi connectivity index (χ0) is 15.5. The fourth-order valence-corrected chi connectivity index (χ4v) is 3.97. The number of rotatable bonds is 6. The molecule has 3 aliphatic rings. The van der Waals surface area contributed by atoms with E-state index in [9.17, 15) is 0 Å². The number of hydrogen-bond acceptors (Lipinski definition) is 4. The summed E-state index contributed by atoms with van der Waals surface area (Å²) in [6.45, 7) is 3.25. The lowest BCUT2D eigenvalue weighted by Gasteiger charge is -2.48. The zero-order valence-corrected chi connectivity index (χ0v) is 13.8. The predicted octanol–water partition coefficient (Wildman–Crippen LogP) is 3.22. The molecule has 2 aliphatic heterocycles. The molecule has 0 radical (unpaired) electrons. The molecule has 0 aromatic heterocycles. The largest absolute Gasteiger partial charge is 0.487 e. The normalized spacial score (nSPS) is 28.2. The summed E-state index contributed by atoms with van der Waals surface area (Å²) in [7, 11) is 0. The van der Waals surface area contributed by atoms with Crippen molar-refractivity contribution in [3.8, 4) is 5.75 Å². The summed E-state index contributed by atoms with van der Waals surface area (Å²) < 4.78 is 17.6. The third kappa shape index (κ3) is 3.39. The van der Waals surface area contributed by atoms with Crippen molar-refractivity contribution in [2.24, 2.45) is 0 Å². The average molecular weight is 317 g/mol. The third-order valence-corrected chi connectivity index (χ3v) is 5.43. The minimum Gasteiger partial charge on any atom is -0.487 e. The first-order chi connectivity index (χ1) is 11.3. The molecule has 1 aromatic rings. The van der Waals surface area contributed by atoms with E-state index in [-0.39, 0.29) is 5.60 Å². The molecule has 1 N–H and O–H groups in total. The van der Waals surface area contributed by atoms with Crippen LogP contribution in [0.4, 0.5) is 0 Å². The van der Waals surface area contributed by atoms with Crippen LogP contribution in [0.1, 0.15) is 50.1 Å². The topological polar surface area (TPSA) is 39.7 Å². The second-order valence-electron chi connectivity index (χ2n) is 7.10. The molecule has 0 unspecified atom stereocenters. The zero-order valence-electron chi connectivity index (χ0n) is 13.8. The Labute approximate surface area is 138 Å². The molecule has 0 bridgehead atoms. The number of fused-ring (bicyclic) bond motifs is 1. The van der Waals surface area contributed by atoms with Gasteiger partial charge < -0.3 is 19.5 Å². The number of hydrogen-bond donors (Lipinski definition) is 1. The van der Waals surface area contributed by atoms with Gasteiger partial charge in [0.15, 0.2) is 0 Å². The fourth-order valence-electron chi connectivity index (χ4n) is 3.97. The van der Waals surface area contributed by atoms with Gasteiger partial charge in [-0.15, -0.1) is 0 Å². The van der Waals surface area contributed by atoms with E-state index < -0.39 is 0 Å². The van der Waals surface area contributed by atoms with E-state index in [0.717, 1.165) is 45.0 Å². The summed E-state index contributed by atoms with van der Waals surface area (Å²) in [5, 5.41) is 3.68. The van der Waals surface area contributed by atoms with Crippen LogP contribution in [-0.2, 0) is 9.47 Å². The molecule has 4 nitrogen and oxygen atoms in total. The minimum atomic E-state index is 0.0879. The maximum atomic E-state index is 6.29. The lowest BCUT2D eigenvalue weighted by Crippen LogP contribution is -2.49. The maximum Gasteiger partial charge on any atom is 0.124 e. The van der Waals surface area contributed by atoms with E-state index in [2.05, 4.69) is 29.6 Å². The average Bonchev–Trinajstić information content (AvgIpc) is 3.06. The number of benzene rings is 1. The van der Waals surface area contributed by atoms with E-state index in [1.165, 1.54) is 31.2 Å². The van der Waals surface area contributed by atoms with Crippen LogP contribution < -0.4 is 10.1 Å². The highest BCUT2D eigenvalue weighted by Crippen LogP contribution is 2.48. The number of ether oxygens (including phenoxy) is 3. The van der Waals surface area contributed by atoms with Gasteiger partial charge in [-0.25, -0.2) is 0 Å². The van der Waals surface area contributed by atoms with Crippen LogP contribution in [-0.4, -0.2) is 38.1 Å². The van der Waals surface area contributed by atoms with Crippen LogP contribution >= 0.6 is 0 Å². The lowest BCUT2D eigenvalue weighted by molar-refractivity contribution is -0.0380. The summed E-state index contributed by atoms with van der Waals surface area (Å²) >= 11 is 0. The predicted molar refractivity (Wildman–Crippen MR) is 88.8 cm³/mol. The van der Waals surface area contributed by atoms with Crippen LogP contribution in [0.2, 0.25) is 0 Å². The van der Waals surface area contributed by atoms with E-state index in [1.54, 1.807) is 0 Å². The molecule has 0 amide bonds. The van der Waals surface area contributed by atoms with Crippen molar-refractivity contribution in [3.05, 3.63) is 29.8 Å². The third-order valence-electron chi connectivity index (χ3n) is 5.43. The summed E-state index contributed by atoms with van der Waals surface area (Å²) in [4.78, 5) is 0. The Morgan fingerprint density at radius 3 is 2.91 bits per heavy atom.